The minimum atomic E-state index is -4.39. The van der Waals surface area contributed by atoms with Crippen molar-refractivity contribution in [3.05, 3.63) is 94.5 Å². The number of hydrogen-bond donors (Lipinski definition) is 0. The third-order valence-electron chi connectivity index (χ3n) is 7.41. The molecule has 0 aromatic heterocycles. The molecule has 7 heteroatoms. The maximum atomic E-state index is 13.1. The maximum absolute atomic E-state index is 13.1. The topological polar surface area (TPSA) is 3.24 Å². The molecule has 1 nitrogen and oxygen atoms in total. The van der Waals surface area contributed by atoms with Crippen LogP contribution in [0.4, 0.5) is 26.3 Å². The molecule has 198 valence electrons. The van der Waals surface area contributed by atoms with Crippen LogP contribution >= 0.6 is 0 Å². The molecule has 0 saturated carbocycles. The molecule has 0 N–H and O–H groups in total. The minimum Gasteiger partial charge on any atom is -0.298 e. The Labute approximate surface area is 214 Å². The van der Waals surface area contributed by atoms with Gasteiger partial charge in [0.25, 0.3) is 0 Å². The highest BCUT2D eigenvalue weighted by Crippen LogP contribution is 2.38. The first-order valence-corrected chi connectivity index (χ1v) is 12.7. The molecule has 0 bridgehead atoms. The van der Waals surface area contributed by atoms with Crippen LogP contribution < -0.4 is 0 Å². The molecule has 4 rings (SSSR count). The average Bonchev–Trinajstić information content (AvgIpc) is 2.87. The predicted octanol–water partition coefficient (Wildman–Crippen LogP) is 9.28. The molecular formula is C30H31F6N. The van der Waals surface area contributed by atoms with E-state index in [-0.39, 0.29) is 5.92 Å². The molecule has 1 aliphatic rings. The molecule has 1 aliphatic heterocycles. The van der Waals surface area contributed by atoms with Crippen LogP contribution in [0.3, 0.4) is 0 Å². The summed E-state index contributed by atoms with van der Waals surface area (Å²) in [4.78, 5) is 2.25. The van der Waals surface area contributed by atoms with E-state index in [2.05, 4.69) is 36.9 Å². The highest BCUT2D eigenvalue weighted by Gasteiger charge is 2.31. The van der Waals surface area contributed by atoms with Gasteiger partial charge in [0.1, 0.15) is 0 Å². The van der Waals surface area contributed by atoms with Gasteiger partial charge in [-0.3, -0.25) is 4.90 Å². The van der Waals surface area contributed by atoms with E-state index >= 15 is 0 Å². The van der Waals surface area contributed by atoms with Crippen LogP contribution in [0, 0.1) is 0 Å². The second-order valence-corrected chi connectivity index (χ2v) is 10.0. The number of alkyl halides is 6. The van der Waals surface area contributed by atoms with E-state index in [1.165, 1.54) is 12.1 Å². The molecule has 2 atom stereocenters. The van der Waals surface area contributed by atoms with Crippen LogP contribution in [0.25, 0.3) is 11.1 Å². The molecular weight excluding hydrogens is 488 g/mol. The molecule has 3 aromatic carbocycles. The van der Waals surface area contributed by atoms with Crippen molar-refractivity contribution in [2.45, 2.75) is 63.8 Å². The molecule has 1 saturated heterocycles. The number of piperidine rings is 1. The SMILES string of the molecule is CCC(C)c1ccc(C2CCCN(Cc3ccc(C(F)(F)F)cc3)C2)c(-c2ccc(C(F)(F)F)cc2)c1. The van der Waals surface area contributed by atoms with Crippen molar-refractivity contribution in [3.63, 3.8) is 0 Å². The Balaban J connectivity index is 1.60. The Bertz CT molecular complexity index is 1180. The lowest BCUT2D eigenvalue weighted by atomic mass is 9.83. The van der Waals surface area contributed by atoms with Crippen molar-refractivity contribution in [1.29, 1.82) is 0 Å². The van der Waals surface area contributed by atoms with E-state index < -0.39 is 23.5 Å². The van der Waals surface area contributed by atoms with Crippen molar-refractivity contribution >= 4 is 0 Å². The number of hydrogen-bond acceptors (Lipinski definition) is 1. The molecule has 0 radical (unpaired) electrons. The Morgan fingerprint density at radius 2 is 1.43 bits per heavy atom. The van der Waals surface area contributed by atoms with Crippen LogP contribution in [0.2, 0.25) is 0 Å². The van der Waals surface area contributed by atoms with Gasteiger partial charge >= 0.3 is 12.4 Å². The summed E-state index contributed by atoms with van der Waals surface area (Å²) in [5.74, 6) is 0.497. The normalized spacial score (nSPS) is 18.1. The van der Waals surface area contributed by atoms with Gasteiger partial charge in [0, 0.05) is 13.1 Å². The fourth-order valence-electron chi connectivity index (χ4n) is 5.07. The quantitative estimate of drug-likeness (QED) is 0.293. The van der Waals surface area contributed by atoms with Crippen molar-refractivity contribution in [1.82, 2.24) is 4.90 Å². The van der Waals surface area contributed by atoms with Crippen LogP contribution in [0.5, 0.6) is 0 Å². The number of benzene rings is 3. The van der Waals surface area contributed by atoms with Gasteiger partial charge in [-0.05, 0) is 89.7 Å². The van der Waals surface area contributed by atoms with Crippen molar-refractivity contribution in [2.75, 3.05) is 13.1 Å². The lowest BCUT2D eigenvalue weighted by Gasteiger charge is -2.34. The zero-order chi connectivity index (χ0) is 26.8. The third kappa shape index (κ3) is 6.56. The van der Waals surface area contributed by atoms with E-state index in [1.54, 1.807) is 12.1 Å². The minimum absolute atomic E-state index is 0.173. The zero-order valence-electron chi connectivity index (χ0n) is 21.0. The van der Waals surface area contributed by atoms with Crippen molar-refractivity contribution < 1.29 is 26.3 Å². The summed E-state index contributed by atoms with van der Waals surface area (Å²) >= 11 is 0. The van der Waals surface area contributed by atoms with Gasteiger partial charge < -0.3 is 0 Å². The second-order valence-electron chi connectivity index (χ2n) is 10.0. The van der Waals surface area contributed by atoms with E-state index in [0.717, 1.165) is 84.4 Å². The van der Waals surface area contributed by atoms with Gasteiger partial charge in [0.05, 0.1) is 11.1 Å². The molecule has 1 heterocycles. The van der Waals surface area contributed by atoms with E-state index in [9.17, 15) is 26.3 Å². The first kappa shape index (κ1) is 27.2. The van der Waals surface area contributed by atoms with Gasteiger partial charge in [-0.2, -0.15) is 26.3 Å². The summed E-state index contributed by atoms with van der Waals surface area (Å²) in [7, 11) is 0. The smallest absolute Gasteiger partial charge is 0.298 e. The summed E-state index contributed by atoms with van der Waals surface area (Å²) in [5.41, 5.74) is 3.46. The third-order valence-corrected chi connectivity index (χ3v) is 7.41. The first-order chi connectivity index (χ1) is 17.5. The van der Waals surface area contributed by atoms with Crippen molar-refractivity contribution in [2.24, 2.45) is 0 Å². The molecule has 37 heavy (non-hydrogen) atoms. The van der Waals surface area contributed by atoms with Gasteiger partial charge in [-0.15, -0.1) is 0 Å². The van der Waals surface area contributed by atoms with Crippen LogP contribution in [-0.4, -0.2) is 18.0 Å². The first-order valence-electron chi connectivity index (χ1n) is 12.7. The van der Waals surface area contributed by atoms with Crippen LogP contribution in [0.1, 0.15) is 72.8 Å². The zero-order valence-corrected chi connectivity index (χ0v) is 21.0. The Morgan fingerprint density at radius 3 is 2.00 bits per heavy atom. The lowest BCUT2D eigenvalue weighted by molar-refractivity contribution is -0.138. The highest BCUT2D eigenvalue weighted by molar-refractivity contribution is 5.69. The number of rotatable bonds is 6. The molecule has 1 fully saturated rings. The predicted molar refractivity (Wildman–Crippen MR) is 134 cm³/mol. The second kappa shape index (κ2) is 10.9. The molecule has 0 amide bonds. The summed E-state index contributed by atoms with van der Waals surface area (Å²) in [6.45, 7) is 6.37. The van der Waals surface area contributed by atoms with Gasteiger partial charge in [-0.1, -0.05) is 56.3 Å². The summed E-state index contributed by atoms with van der Waals surface area (Å²) in [6, 6.07) is 17.0. The fraction of sp³-hybridized carbons (Fsp3) is 0.400. The molecule has 3 aromatic rings. The Kier molecular flexibility index (Phi) is 8.02. The Morgan fingerprint density at radius 1 is 0.838 bits per heavy atom. The average molecular weight is 520 g/mol. The van der Waals surface area contributed by atoms with Crippen LogP contribution in [-0.2, 0) is 18.9 Å². The molecule has 0 spiro atoms. The lowest BCUT2D eigenvalue weighted by Crippen LogP contribution is -2.34. The summed E-state index contributed by atoms with van der Waals surface area (Å²) < 4.78 is 78.2. The fourth-order valence-corrected chi connectivity index (χ4v) is 5.07. The highest BCUT2D eigenvalue weighted by atomic mass is 19.4. The Hall–Kier alpha value is -2.80. The van der Waals surface area contributed by atoms with E-state index in [1.807, 2.05) is 0 Å². The van der Waals surface area contributed by atoms with Gasteiger partial charge in [0.15, 0.2) is 0 Å². The van der Waals surface area contributed by atoms with E-state index in [4.69, 9.17) is 0 Å². The summed E-state index contributed by atoms with van der Waals surface area (Å²) in [6.07, 6.45) is -5.91. The summed E-state index contributed by atoms with van der Waals surface area (Å²) in [5, 5.41) is 0. The number of nitrogens with zero attached hydrogens (tertiary/aromatic N) is 1. The van der Waals surface area contributed by atoms with Crippen LogP contribution in [0.15, 0.2) is 66.7 Å². The molecule has 2 unspecified atom stereocenters. The maximum Gasteiger partial charge on any atom is 0.416 e. The van der Waals surface area contributed by atoms with Crippen molar-refractivity contribution in [3.8, 4) is 11.1 Å². The number of halogens is 6. The monoisotopic (exact) mass is 519 g/mol. The largest absolute Gasteiger partial charge is 0.416 e. The van der Waals surface area contributed by atoms with Gasteiger partial charge in [0.2, 0.25) is 0 Å². The molecule has 0 aliphatic carbocycles. The standard InChI is InChI=1S/C30H31F6N/c1-3-20(2)23-10-15-27(28(17-23)22-8-13-26(14-9-22)30(34,35)36)24-5-4-16-37(19-24)18-21-6-11-25(12-7-21)29(31,32)33/h6-15,17,20,24H,3-5,16,18-19H2,1-2H3. The van der Waals surface area contributed by atoms with Gasteiger partial charge in [-0.25, -0.2) is 0 Å². The number of likely N-dealkylation sites (tertiary alicyclic amines) is 1. The van der Waals surface area contributed by atoms with E-state index in [0.29, 0.717) is 12.5 Å².